The summed E-state index contributed by atoms with van der Waals surface area (Å²) in [6.07, 6.45) is 2.79. The van der Waals surface area contributed by atoms with Crippen LogP contribution in [0.5, 0.6) is 0 Å². The third-order valence-corrected chi connectivity index (χ3v) is 6.81. The molecule has 0 spiro atoms. The average Bonchev–Trinajstić information content (AvgIpc) is 3.24. The van der Waals surface area contributed by atoms with Crippen LogP contribution in [-0.4, -0.2) is 20.6 Å². The number of rotatable bonds is 9. The quantitative estimate of drug-likeness (QED) is 0.518. The van der Waals surface area contributed by atoms with Gasteiger partial charge in [-0.3, -0.25) is 10.3 Å². The zero-order valence-electron chi connectivity index (χ0n) is 18.1. The molecule has 0 saturated carbocycles. The second-order valence-corrected chi connectivity index (χ2v) is 9.95. The summed E-state index contributed by atoms with van der Waals surface area (Å²) in [5.74, 6) is -0.0701. The van der Waals surface area contributed by atoms with Crippen LogP contribution >= 0.6 is 0 Å². The van der Waals surface area contributed by atoms with E-state index in [2.05, 4.69) is 22.3 Å². The van der Waals surface area contributed by atoms with Crippen LogP contribution in [0.15, 0.2) is 96.7 Å². The van der Waals surface area contributed by atoms with E-state index in [1.807, 2.05) is 85.8 Å². The first-order valence-electron chi connectivity index (χ1n) is 10.7. The SMILES string of the molecule is Cc1ccc(CS(=O)(=O)NC(Cc2ccccc2)C2C=C(Cc3ccccc3)NO2)cc1. The molecule has 166 valence electrons. The summed E-state index contributed by atoms with van der Waals surface area (Å²) in [6, 6.07) is 27.1. The van der Waals surface area contributed by atoms with Crippen molar-refractivity contribution in [1.29, 1.82) is 0 Å². The Morgan fingerprint density at radius 1 is 0.875 bits per heavy atom. The maximum Gasteiger partial charge on any atom is 0.216 e. The standard InChI is InChI=1S/C26H28N2O3S/c1-20-12-14-23(15-13-20)19-32(29,30)28-25(17-22-10-6-3-7-11-22)26-18-24(27-31-26)16-21-8-4-2-5-9-21/h2-15,18,25-28H,16-17,19H2,1H3. The molecule has 0 saturated heterocycles. The van der Waals surface area contributed by atoms with E-state index in [0.717, 1.165) is 28.0 Å². The molecule has 0 aliphatic carbocycles. The van der Waals surface area contributed by atoms with Gasteiger partial charge in [-0.1, -0.05) is 90.5 Å². The van der Waals surface area contributed by atoms with Crippen LogP contribution in [-0.2, 0) is 33.5 Å². The van der Waals surface area contributed by atoms with Crippen LogP contribution in [0.25, 0.3) is 0 Å². The summed E-state index contributed by atoms with van der Waals surface area (Å²) in [5, 5.41) is 0. The molecule has 0 amide bonds. The summed E-state index contributed by atoms with van der Waals surface area (Å²) in [5.41, 5.74) is 7.98. The van der Waals surface area contributed by atoms with Crippen LogP contribution in [0, 0.1) is 6.92 Å². The molecule has 1 aliphatic heterocycles. The lowest BCUT2D eigenvalue weighted by molar-refractivity contribution is 0.0248. The van der Waals surface area contributed by atoms with Crippen molar-refractivity contribution in [3.8, 4) is 0 Å². The van der Waals surface area contributed by atoms with E-state index >= 15 is 0 Å². The highest BCUT2D eigenvalue weighted by Crippen LogP contribution is 2.19. The fourth-order valence-corrected chi connectivity index (χ4v) is 5.18. The smallest absolute Gasteiger partial charge is 0.216 e. The molecule has 32 heavy (non-hydrogen) atoms. The number of sulfonamides is 1. The fraction of sp³-hybridized carbons (Fsp3) is 0.231. The first-order valence-corrected chi connectivity index (χ1v) is 12.4. The predicted octanol–water partition coefficient (Wildman–Crippen LogP) is 4.06. The molecule has 0 radical (unpaired) electrons. The van der Waals surface area contributed by atoms with Gasteiger partial charge in [-0.25, -0.2) is 13.1 Å². The number of aryl methyl sites for hydroxylation is 1. The minimum atomic E-state index is -3.57. The van der Waals surface area contributed by atoms with Crippen molar-refractivity contribution in [1.82, 2.24) is 10.2 Å². The molecule has 0 bridgehead atoms. The molecule has 3 aromatic carbocycles. The molecular weight excluding hydrogens is 420 g/mol. The molecule has 1 aliphatic rings. The summed E-state index contributed by atoms with van der Waals surface area (Å²) in [7, 11) is -3.57. The molecule has 5 nitrogen and oxygen atoms in total. The van der Waals surface area contributed by atoms with Crippen molar-refractivity contribution in [2.75, 3.05) is 0 Å². The second kappa shape index (κ2) is 10.1. The topological polar surface area (TPSA) is 67.4 Å². The number of benzene rings is 3. The number of hydrogen-bond acceptors (Lipinski definition) is 4. The second-order valence-electron chi connectivity index (χ2n) is 8.20. The van der Waals surface area contributed by atoms with Gasteiger partial charge >= 0.3 is 0 Å². The molecule has 2 N–H and O–H groups in total. The van der Waals surface area contributed by atoms with Gasteiger partial charge in [0.1, 0.15) is 6.10 Å². The van der Waals surface area contributed by atoms with E-state index in [-0.39, 0.29) is 5.75 Å². The molecule has 1 heterocycles. The Labute approximate surface area is 190 Å². The molecule has 2 unspecified atom stereocenters. The van der Waals surface area contributed by atoms with E-state index in [1.54, 1.807) is 0 Å². The van der Waals surface area contributed by atoms with Gasteiger partial charge in [-0.15, -0.1) is 0 Å². The Balaban J connectivity index is 1.51. The van der Waals surface area contributed by atoms with Crippen molar-refractivity contribution in [2.24, 2.45) is 0 Å². The normalized spacial score (nSPS) is 16.9. The highest BCUT2D eigenvalue weighted by molar-refractivity contribution is 7.88. The van der Waals surface area contributed by atoms with Crippen molar-refractivity contribution < 1.29 is 13.3 Å². The zero-order valence-corrected chi connectivity index (χ0v) is 18.9. The van der Waals surface area contributed by atoms with Crippen LogP contribution in [0.2, 0.25) is 0 Å². The molecule has 0 aromatic heterocycles. The minimum Gasteiger partial charge on any atom is -0.270 e. The lowest BCUT2D eigenvalue weighted by Gasteiger charge is -2.23. The zero-order chi connectivity index (χ0) is 22.4. The summed E-state index contributed by atoms with van der Waals surface area (Å²) in [4.78, 5) is 5.81. The maximum atomic E-state index is 13.0. The van der Waals surface area contributed by atoms with Crippen LogP contribution in [0.3, 0.4) is 0 Å². The van der Waals surface area contributed by atoms with Crippen LogP contribution in [0.1, 0.15) is 22.3 Å². The summed E-state index contributed by atoms with van der Waals surface area (Å²) >= 11 is 0. The fourth-order valence-electron chi connectivity index (χ4n) is 3.79. The van der Waals surface area contributed by atoms with Crippen molar-refractivity contribution in [3.05, 3.63) is 119 Å². The third kappa shape index (κ3) is 6.29. The third-order valence-electron chi connectivity index (χ3n) is 5.43. The van der Waals surface area contributed by atoms with E-state index in [1.165, 1.54) is 0 Å². The largest absolute Gasteiger partial charge is 0.270 e. The first-order chi connectivity index (χ1) is 15.5. The lowest BCUT2D eigenvalue weighted by atomic mass is 10.0. The average molecular weight is 449 g/mol. The molecular formula is C26H28N2O3S. The number of allylic oxidation sites excluding steroid dienone is 1. The van der Waals surface area contributed by atoms with Gasteiger partial charge in [0.15, 0.2) is 0 Å². The molecule has 4 rings (SSSR count). The van der Waals surface area contributed by atoms with Gasteiger partial charge < -0.3 is 0 Å². The van der Waals surface area contributed by atoms with E-state index in [9.17, 15) is 8.42 Å². The highest BCUT2D eigenvalue weighted by Gasteiger charge is 2.30. The Bertz CT molecular complexity index is 1140. The van der Waals surface area contributed by atoms with Gasteiger partial charge in [0.05, 0.1) is 11.8 Å². The number of hydroxylamine groups is 1. The van der Waals surface area contributed by atoms with Crippen molar-refractivity contribution in [3.63, 3.8) is 0 Å². The van der Waals surface area contributed by atoms with E-state index < -0.39 is 22.2 Å². The van der Waals surface area contributed by atoms with Gasteiger partial charge in [-0.2, -0.15) is 0 Å². The maximum absolute atomic E-state index is 13.0. The lowest BCUT2D eigenvalue weighted by Crippen LogP contribution is -2.45. The van der Waals surface area contributed by atoms with Gasteiger partial charge in [0, 0.05) is 12.1 Å². The van der Waals surface area contributed by atoms with Crippen molar-refractivity contribution >= 4 is 10.0 Å². The molecule has 0 fully saturated rings. The number of hydrogen-bond donors (Lipinski definition) is 2. The summed E-state index contributed by atoms with van der Waals surface area (Å²) < 4.78 is 28.9. The Kier molecular flexibility index (Phi) is 7.05. The van der Waals surface area contributed by atoms with Gasteiger partial charge in [-0.05, 0) is 36.1 Å². The van der Waals surface area contributed by atoms with Crippen LogP contribution < -0.4 is 10.2 Å². The Hall–Kier alpha value is -2.93. The monoisotopic (exact) mass is 448 g/mol. The molecule has 3 aromatic rings. The van der Waals surface area contributed by atoms with E-state index in [4.69, 9.17) is 4.84 Å². The van der Waals surface area contributed by atoms with E-state index in [0.29, 0.717) is 12.8 Å². The summed E-state index contributed by atoms with van der Waals surface area (Å²) in [6.45, 7) is 1.98. The predicted molar refractivity (Wildman–Crippen MR) is 127 cm³/mol. The minimum absolute atomic E-state index is 0.0701. The highest BCUT2D eigenvalue weighted by atomic mass is 32.2. The Morgan fingerprint density at radius 2 is 1.50 bits per heavy atom. The van der Waals surface area contributed by atoms with Crippen LogP contribution in [0.4, 0.5) is 0 Å². The Morgan fingerprint density at radius 3 is 2.16 bits per heavy atom. The number of nitrogens with one attached hydrogen (secondary N) is 2. The molecule has 2 atom stereocenters. The van der Waals surface area contributed by atoms with Gasteiger partial charge in [0.2, 0.25) is 10.0 Å². The molecule has 6 heteroatoms. The van der Waals surface area contributed by atoms with Crippen molar-refractivity contribution in [2.45, 2.75) is 37.7 Å². The van der Waals surface area contributed by atoms with Gasteiger partial charge in [0.25, 0.3) is 0 Å². The first kappa shape index (κ1) is 22.3.